The number of nitrogens with one attached hydrogen (secondary N) is 1. The van der Waals surface area contributed by atoms with Crippen LogP contribution in [0.25, 0.3) is 11.3 Å². The first-order valence-electron chi connectivity index (χ1n) is 7.38. The minimum absolute atomic E-state index is 0.111. The first-order chi connectivity index (χ1) is 10.3. The van der Waals surface area contributed by atoms with E-state index in [-0.39, 0.29) is 5.56 Å². The molecule has 1 aromatic carbocycles. The van der Waals surface area contributed by atoms with Crippen molar-refractivity contribution in [2.75, 3.05) is 24.5 Å². The lowest BCUT2D eigenvalue weighted by Crippen LogP contribution is -2.37. The fraction of sp³-hybridized carbons (Fsp3) is 0.375. The lowest BCUT2D eigenvalue weighted by Gasteiger charge is -2.31. The Morgan fingerprint density at radius 1 is 1.24 bits per heavy atom. The van der Waals surface area contributed by atoms with Crippen molar-refractivity contribution in [1.29, 1.82) is 0 Å². The quantitative estimate of drug-likeness (QED) is 0.898. The first kappa shape index (κ1) is 13.8. The minimum Gasteiger partial charge on any atom is -0.342 e. The number of hydrogen-bond acceptors (Lipinski definition) is 4. The van der Waals surface area contributed by atoms with Gasteiger partial charge in [-0.1, -0.05) is 30.3 Å². The Labute approximate surface area is 123 Å². The average molecular weight is 284 g/mol. The number of nitrogens with zero attached hydrogens (tertiary/aromatic N) is 2. The lowest BCUT2D eigenvalue weighted by molar-refractivity contribution is 0.411. The van der Waals surface area contributed by atoms with Crippen LogP contribution >= 0.6 is 0 Å². The molecule has 21 heavy (non-hydrogen) atoms. The number of H-pyrrole nitrogens is 1. The second-order valence-corrected chi connectivity index (χ2v) is 5.49. The summed E-state index contributed by atoms with van der Waals surface area (Å²) in [5.74, 6) is 1.25. The van der Waals surface area contributed by atoms with Crippen LogP contribution in [0.5, 0.6) is 0 Å². The van der Waals surface area contributed by atoms with E-state index in [1.54, 1.807) is 6.07 Å². The van der Waals surface area contributed by atoms with E-state index in [1.165, 1.54) is 0 Å². The van der Waals surface area contributed by atoms with Gasteiger partial charge in [0, 0.05) is 24.7 Å². The Balaban J connectivity index is 1.87. The molecule has 0 bridgehead atoms. The molecule has 2 aromatic rings. The summed E-state index contributed by atoms with van der Waals surface area (Å²) in [4.78, 5) is 21.5. The van der Waals surface area contributed by atoms with Crippen LogP contribution in [0, 0.1) is 5.92 Å². The van der Waals surface area contributed by atoms with Gasteiger partial charge >= 0.3 is 0 Å². The number of anilines is 1. The molecule has 2 heterocycles. The van der Waals surface area contributed by atoms with Gasteiger partial charge < -0.3 is 10.6 Å². The van der Waals surface area contributed by atoms with Gasteiger partial charge in [0.15, 0.2) is 0 Å². The predicted octanol–water partition coefficient (Wildman–Crippen LogP) is 1.61. The molecule has 0 aliphatic carbocycles. The van der Waals surface area contributed by atoms with Crippen molar-refractivity contribution in [2.45, 2.75) is 12.8 Å². The topological polar surface area (TPSA) is 75.0 Å². The van der Waals surface area contributed by atoms with Crippen LogP contribution in [0.3, 0.4) is 0 Å². The summed E-state index contributed by atoms with van der Waals surface area (Å²) in [6, 6.07) is 11.3. The van der Waals surface area contributed by atoms with Crippen molar-refractivity contribution in [3.63, 3.8) is 0 Å². The largest absolute Gasteiger partial charge is 0.342 e. The Morgan fingerprint density at radius 2 is 1.95 bits per heavy atom. The fourth-order valence-corrected chi connectivity index (χ4v) is 2.73. The molecular weight excluding hydrogens is 264 g/mol. The third kappa shape index (κ3) is 3.13. The first-order valence-corrected chi connectivity index (χ1v) is 7.38. The van der Waals surface area contributed by atoms with E-state index in [0.29, 0.717) is 11.9 Å². The van der Waals surface area contributed by atoms with Gasteiger partial charge in [0.1, 0.15) is 0 Å². The number of benzene rings is 1. The molecule has 110 valence electrons. The van der Waals surface area contributed by atoms with E-state index < -0.39 is 0 Å². The van der Waals surface area contributed by atoms with Crippen LogP contribution < -0.4 is 16.2 Å². The monoisotopic (exact) mass is 284 g/mol. The molecule has 1 saturated heterocycles. The van der Waals surface area contributed by atoms with Gasteiger partial charge in [0.25, 0.3) is 5.56 Å². The molecule has 0 atom stereocenters. The summed E-state index contributed by atoms with van der Waals surface area (Å²) >= 11 is 0. The van der Waals surface area contributed by atoms with Gasteiger partial charge in [0.2, 0.25) is 5.95 Å². The molecule has 1 fully saturated rings. The van der Waals surface area contributed by atoms with E-state index in [1.807, 2.05) is 30.3 Å². The molecular formula is C16H20N4O. The number of aromatic amines is 1. The molecule has 0 saturated carbocycles. The van der Waals surface area contributed by atoms with Gasteiger partial charge in [-0.25, -0.2) is 4.98 Å². The third-order valence-corrected chi connectivity index (χ3v) is 4.05. The van der Waals surface area contributed by atoms with Gasteiger partial charge in [0.05, 0.1) is 5.69 Å². The van der Waals surface area contributed by atoms with Gasteiger partial charge in [-0.2, -0.15) is 0 Å². The van der Waals surface area contributed by atoms with Crippen molar-refractivity contribution >= 4 is 5.95 Å². The zero-order valence-electron chi connectivity index (χ0n) is 12.0. The number of aromatic nitrogens is 2. The summed E-state index contributed by atoms with van der Waals surface area (Å²) in [5.41, 5.74) is 7.29. The Kier molecular flexibility index (Phi) is 4.01. The standard InChI is InChI=1S/C16H20N4O/c17-11-12-6-8-20(9-7-12)16-18-14(10-15(21)19-16)13-4-2-1-3-5-13/h1-5,10,12H,6-9,11,17H2,(H,18,19,21). The molecule has 5 nitrogen and oxygen atoms in total. The normalized spacial score (nSPS) is 16.1. The van der Waals surface area contributed by atoms with Gasteiger partial charge in [-0.15, -0.1) is 0 Å². The second-order valence-electron chi connectivity index (χ2n) is 5.49. The minimum atomic E-state index is -0.111. The molecule has 3 N–H and O–H groups in total. The van der Waals surface area contributed by atoms with Crippen molar-refractivity contribution in [2.24, 2.45) is 11.7 Å². The highest BCUT2D eigenvalue weighted by atomic mass is 16.1. The number of rotatable bonds is 3. The molecule has 0 amide bonds. The maximum absolute atomic E-state index is 11.9. The second kappa shape index (κ2) is 6.10. The summed E-state index contributed by atoms with van der Waals surface area (Å²) in [6.07, 6.45) is 2.10. The van der Waals surface area contributed by atoms with E-state index in [4.69, 9.17) is 5.73 Å². The van der Waals surface area contributed by atoms with Crippen LogP contribution in [-0.4, -0.2) is 29.6 Å². The number of hydrogen-bond donors (Lipinski definition) is 2. The molecule has 0 radical (unpaired) electrons. The highest BCUT2D eigenvalue weighted by molar-refractivity contribution is 5.59. The van der Waals surface area contributed by atoms with Gasteiger partial charge in [-0.05, 0) is 25.3 Å². The molecule has 1 aromatic heterocycles. The summed E-state index contributed by atoms with van der Waals surface area (Å²) in [6.45, 7) is 2.52. The molecule has 5 heteroatoms. The third-order valence-electron chi connectivity index (χ3n) is 4.05. The van der Waals surface area contributed by atoms with Crippen molar-refractivity contribution in [1.82, 2.24) is 9.97 Å². The molecule has 1 aliphatic rings. The Morgan fingerprint density at radius 3 is 2.62 bits per heavy atom. The molecule has 0 unspecified atom stereocenters. The van der Waals surface area contributed by atoms with Crippen LogP contribution in [0.1, 0.15) is 12.8 Å². The van der Waals surface area contributed by atoms with Crippen LogP contribution in [0.4, 0.5) is 5.95 Å². The fourth-order valence-electron chi connectivity index (χ4n) is 2.73. The van der Waals surface area contributed by atoms with Crippen LogP contribution in [-0.2, 0) is 0 Å². The van der Waals surface area contributed by atoms with Crippen LogP contribution in [0.15, 0.2) is 41.2 Å². The maximum Gasteiger partial charge on any atom is 0.252 e. The highest BCUT2D eigenvalue weighted by Gasteiger charge is 2.20. The Hall–Kier alpha value is -2.14. The van der Waals surface area contributed by atoms with Crippen molar-refractivity contribution < 1.29 is 0 Å². The smallest absolute Gasteiger partial charge is 0.252 e. The number of nitrogens with two attached hydrogens (primary N) is 1. The summed E-state index contributed by atoms with van der Waals surface area (Å²) < 4.78 is 0. The average Bonchev–Trinajstić information content (AvgIpc) is 2.55. The van der Waals surface area contributed by atoms with Crippen molar-refractivity contribution in [3.05, 3.63) is 46.8 Å². The van der Waals surface area contributed by atoms with Crippen molar-refractivity contribution in [3.8, 4) is 11.3 Å². The number of piperidine rings is 1. The lowest BCUT2D eigenvalue weighted by atomic mass is 9.97. The highest BCUT2D eigenvalue weighted by Crippen LogP contribution is 2.21. The van der Waals surface area contributed by atoms with E-state index in [9.17, 15) is 4.79 Å². The maximum atomic E-state index is 11.9. The zero-order valence-corrected chi connectivity index (χ0v) is 12.0. The summed E-state index contributed by atoms with van der Waals surface area (Å²) in [5, 5.41) is 0. The van der Waals surface area contributed by atoms with E-state index >= 15 is 0 Å². The predicted molar refractivity (Wildman–Crippen MR) is 84.3 cm³/mol. The molecule has 1 aliphatic heterocycles. The summed E-state index contributed by atoms with van der Waals surface area (Å²) in [7, 11) is 0. The van der Waals surface area contributed by atoms with Crippen LogP contribution in [0.2, 0.25) is 0 Å². The SMILES string of the molecule is NCC1CCN(c2nc(-c3ccccc3)cc(=O)[nH]2)CC1. The Bertz CT molecular complexity index is 645. The van der Waals surface area contributed by atoms with E-state index in [2.05, 4.69) is 14.9 Å². The molecule has 3 rings (SSSR count). The molecule has 0 spiro atoms. The van der Waals surface area contributed by atoms with E-state index in [0.717, 1.165) is 43.7 Å². The zero-order chi connectivity index (χ0) is 14.7. The van der Waals surface area contributed by atoms with Gasteiger partial charge in [-0.3, -0.25) is 9.78 Å².